The van der Waals surface area contributed by atoms with Gasteiger partial charge in [0.25, 0.3) is 0 Å². The molecule has 1 aromatic carbocycles. The first-order valence-corrected chi connectivity index (χ1v) is 7.82. The van der Waals surface area contributed by atoms with Gasteiger partial charge in [-0.3, -0.25) is 0 Å². The molecule has 0 bridgehead atoms. The van der Waals surface area contributed by atoms with Crippen molar-refractivity contribution in [3.05, 3.63) is 24.3 Å². The van der Waals surface area contributed by atoms with Crippen LogP contribution < -0.4 is 9.46 Å². The summed E-state index contributed by atoms with van der Waals surface area (Å²) in [4.78, 5) is 0.175. The maximum Gasteiger partial charge on any atom is 0.244 e. The molecule has 106 valence electrons. The molecule has 1 fully saturated rings. The molecule has 1 aromatic rings. The lowest BCUT2D eigenvalue weighted by atomic mass is 10.0. The molecular weight excluding hydrogens is 266 g/mol. The zero-order chi connectivity index (χ0) is 13.7. The fraction of sp³-hybridized carbons (Fsp3) is 0.538. The first kappa shape index (κ1) is 14.3. The van der Waals surface area contributed by atoms with Gasteiger partial charge in [-0.2, -0.15) is 0 Å². The minimum Gasteiger partial charge on any atom is -0.495 e. The molecule has 5 nitrogen and oxygen atoms in total. The second-order valence-corrected chi connectivity index (χ2v) is 6.32. The number of nitrogens with one attached hydrogen (secondary N) is 1. The molecule has 6 heteroatoms. The summed E-state index contributed by atoms with van der Waals surface area (Å²) in [5.41, 5.74) is 0. The summed E-state index contributed by atoms with van der Waals surface area (Å²) in [5.74, 6) is 0.605. The van der Waals surface area contributed by atoms with E-state index in [9.17, 15) is 8.42 Å². The first-order chi connectivity index (χ1) is 9.13. The van der Waals surface area contributed by atoms with Crippen LogP contribution in [0.5, 0.6) is 5.75 Å². The molecule has 0 radical (unpaired) electrons. The summed E-state index contributed by atoms with van der Waals surface area (Å²) >= 11 is 0. The zero-order valence-corrected chi connectivity index (χ0v) is 11.8. The number of benzene rings is 1. The fourth-order valence-electron chi connectivity index (χ4n) is 2.11. The normalized spacial score (nSPS) is 20.2. The molecule has 2 rings (SSSR count). The predicted octanol–water partition coefficient (Wildman–Crippen LogP) is 1.40. The Morgan fingerprint density at radius 3 is 2.89 bits per heavy atom. The Morgan fingerprint density at radius 2 is 2.21 bits per heavy atom. The minimum atomic E-state index is -3.53. The van der Waals surface area contributed by atoms with Crippen LogP contribution in [0, 0.1) is 5.92 Å². The van der Waals surface area contributed by atoms with E-state index < -0.39 is 10.0 Å². The molecule has 1 unspecified atom stereocenters. The first-order valence-electron chi connectivity index (χ1n) is 6.34. The van der Waals surface area contributed by atoms with Gasteiger partial charge in [0.1, 0.15) is 10.6 Å². The van der Waals surface area contributed by atoms with Crippen LogP contribution in [0.3, 0.4) is 0 Å². The van der Waals surface area contributed by atoms with E-state index in [1.807, 2.05) is 0 Å². The van der Waals surface area contributed by atoms with E-state index in [2.05, 4.69) is 4.72 Å². The number of hydrogen-bond donors (Lipinski definition) is 1. The molecule has 1 N–H and O–H groups in total. The Hall–Kier alpha value is -1.11. The molecule has 0 aliphatic carbocycles. The number of sulfonamides is 1. The highest BCUT2D eigenvalue weighted by molar-refractivity contribution is 7.89. The molecule has 0 aromatic heterocycles. The van der Waals surface area contributed by atoms with E-state index >= 15 is 0 Å². The van der Waals surface area contributed by atoms with Crippen molar-refractivity contribution in [2.45, 2.75) is 17.7 Å². The van der Waals surface area contributed by atoms with Gasteiger partial charge in [0.2, 0.25) is 10.0 Å². The van der Waals surface area contributed by atoms with Crippen molar-refractivity contribution in [2.75, 3.05) is 26.9 Å². The van der Waals surface area contributed by atoms with Crippen LogP contribution in [0.4, 0.5) is 0 Å². The van der Waals surface area contributed by atoms with Gasteiger partial charge < -0.3 is 9.47 Å². The van der Waals surface area contributed by atoms with E-state index in [-0.39, 0.29) is 10.8 Å². The number of ether oxygens (including phenoxy) is 2. The average molecular weight is 285 g/mol. The molecular formula is C13H19NO4S. The third kappa shape index (κ3) is 3.68. The van der Waals surface area contributed by atoms with Crippen LogP contribution in [-0.4, -0.2) is 35.3 Å². The van der Waals surface area contributed by atoms with Gasteiger partial charge in [-0.15, -0.1) is 0 Å². The van der Waals surface area contributed by atoms with Gasteiger partial charge in [0.15, 0.2) is 0 Å². The molecule has 1 saturated heterocycles. The van der Waals surface area contributed by atoms with E-state index in [4.69, 9.17) is 9.47 Å². The molecule has 1 heterocycles. The van der Waals surface area contributed by atoms with Crippen molar-refractivity contribution in [2.24, 2.45) is 5.92 Å². The molecule has 0 spiro atoms. The standard InChI is InChI=1S/C13H19NO4S/c1-17-12-6-2-3-7-13(12)19(15,16)14-9-11-5-4-8-18-10-11/h2-3,6-7,11,14H,4-5,8-10H2,1H3. The Labute approximate surface area is 114 Å². The third-order valence-corrected chi connectivity index (χ3v) is 4.64. The highest BCUT2D eigenvalue weighted by atomic mass is 32.2. The van der Waals surface area contributed by atoms with Gasteiger partial charge in [-0.1, -0.05) is 12.1 Å². The summed E-state index contributed by atoms with van der Waals surface area (Å²) in [7, 11) is -2.07. The summed E-state index contributed by atoms with van der Waals surface area (Å²) in [6.07, 6.45) is 1.98. The lowest BCUT2D eigenvalue weighted by Crippen LogP contribution is -2.33. The molecule has 0 saturated carbocycles. The van der Waals surface area contributed by atoms with Gasteiger partial charge in [-0.05, 0) is 30.9 Å². The summed E-state index contributed by atoms with van der Waals surface area (Å²) in [5, 5.41) is 0. The number of rotatable bonds is 5. The molecule has 1 atom stereocenters. The van der Waals surface area contributed by atoms with Crippen molar-refractivity contribution < 1.29 is 17.9 Å². The van der Waals surface area contributed by atoms with E-state index in [0.717, 1.165) is 19.4 Å². The van der Waals surface area contributed by atoms with Crippen LogP contribution in [0.15, 0.2) is 29.2 Å². The van der Waals surface area contributed by atoms with Gasteiger partial charge in [0, 0.05) is 13.2 Å². The second-order valence-electron chi connectivity index (χ2n) is 4.59. The van der Waals surface area contributed by atoms with Crippen LogP contribution in [-0.2, 0) is 14.8 Å². The highest BCUT2D eigenvalue weighted by Gasteiger charge is 2.21. The number of para-hydroxylation sites is 1. The van der Waals surface area contributed by atoms with Crippen molar-refractivity contribution in [3.8, 4) is 5.75 Å². The predicted molar refractivity (Wildman–Crippen MR) is 71.7 cm³/mol. The average Bonchev–Trinajstić information content (AvgIpc) is 2.46. The zero-order valence-electron chi connectivity index (χ0n) is 11.0. The molecule has 19 heavy (non-hydrogen) atoms. The Balaban J connectivity index is 2.05. The highest BCUT2D eigenvalue weighted by Crippen LogP contribution is 2.23. The van der Waals surface area contributed by atoms with Gasteiger partial charge >= 0.3 is 0 Å². The lowest BCUT2D eigenvalue weighted by Gasteiger charge is -2.22. The monoisotopic (exact) mass is 285 g/mol. The maximum absolute atomic E-state index is 12.2. The van der Waals surface area contributed by atoms with E-state index in [1.54, 1.807) is 24.3 Å². The van der Waals surface area contributed by atoms with Gasteiger partial charge in [-0.25, -0.2) is 13.1 Å². The van der Waals surface area contributed by atoms with Crippen LogP contribution in [0.25, 0.3) is 0 Å². The maximum atomic E-state index is 12.2. The quantitative estimate of drug-likeness (QED) is 0.888. The van der Waals surface area contributed by atoms with Crippen molar-refractivity contribution in [1.82, 2.24) is 4.72 Å². The number of methoxy groups -OCH3 is 1. The molecule has 1 aliphatic heterocycles. The topological polar surface area (TPSA) is 64.6 Å². The van der Waals surface area contributed by atoms with Crippen molar-refractivity contribution >= 4 is 10.0 Å². The summed E-state index contributed by atoms with van der Waals surface area (Å²) in [6.45, 7) is 1.80. The van der Waals surface area contributed by atoms with Gasteiger partial charge in [0.05, 0.1) is 13.7 Å². The van der Waals surface area contributed by atoms with Crippen molar-refractivity contribution in [3.63, 3.8) is 0 Å². The summed E-state index contributed by atoms with van der Waals surface area (Å²) in [6, 6.07) is 6.60. The van der Waals surface area contributed by atoms with E-state index in [1.165, 1.54) is 7.11 Å². The number of hydrogen-bond acceptors (Lipinski definition) is 4. The van der Waals surface area contributed by atoms with Crippen molar-refractivity contribution in [1.29, 1.82) is 0 Å². The van der Waals surface area contributed by atoms with Crippen LogP contribution in [0.1, 0.15) is 12.8 Å². The smallest absolute Gasteiger partial charge is 0.244 e. The largest absolute Gasteiger partial charge is 0.495 e. The summed E-state index contributed by atoms with van der Waals surface area (Å²) < 4.78 is 37.5. The van der Waals surface area contributed by atoms with E-state index in [0.29, 0.717) is 18.9 Å². The second kappa shape index (κ2) is 6.36. The lowest BCUT2D eigenvalue weighted by molar-refractivity contribution is 0.0568. The third-order valence-electron chi connectivity index (χ3n) is 3.18. The molecule has 0 amide bonds. The fourth-order valence-corrected chi connectivity index (χ4v) is 3.40. The Morgan fingerprint density at radius 1 is 1.42 bits per heavy atom. The van der Waals surface area contributed by atoms with Crippen LogP contribution in [0.2, 0.25) is 0 Å². The SMILES string of the molecule is COc1ccccc1S(=O)(=O)NCC1CCCOC1. The minimum absolute atomic E-state index is 0.175. The molecule has 1 aliphatic rings. The Kier molecular flexibility index (Phi) is 4.79. The van der Waals surface area contributed by atoms with Crippen LogP contribution >= 0.6 is 0 Å². The Bertz CT molecular complexity index is 509.